The van der Waals surface area contributed by atoms with Crippen molar-refractivity contribution in [3.8, 4) is 0 Å². The van der Waals surface area contributed by atoms with E-state index in [1.807, 2.05) is 20.2 Å². The zero-order valence-electron chi connectivity index (χ0n) is 16.3. The van der Waals surface area contributed by atoms with Gasteiger partial charge in [-0.15, -0.1) is 0 Å². The highest BCUT2D eigenvalue weighted by atomic mass is 32.2. The van der Waals surface area contributed by atoms with Gasteiger partial charge in [-0.3, -0.25) is 19.3 Å². The summed E-state index contributed by atoms with van der Waals surface area (Å²) in [5, 5.41) is 7.53. The molecule has 0 spiro atoms. The molecule has 2 heterocycles. The molecule has 0 N–H and O–H groups in total. The van der Waals surface area contributed by atoms with Crippen molar-refractivity contribution in [3.05, 3.63) is 17.5 Å². The summed E-state index contributed by atoms with van der Waals surface area (Å²) in [5.41, 5.74) is 1.20. The molecule has 0 atom stereocenters. The molecule has 1 aromatic heterocycles. The lowest BCUT2D eigenvalue weighted by Crippen LogP contribution is -2.46. The van der Waals surface area contributed by atoms with Crippen molar-refractivity contribution in [2.75, 3.05) is 32.9 Å². The van der Waals surface area contributed by atoms with Crippen LogP contribution in [0.2, 0.25) is 0 Å². The van der Waals surface area contributed by atoms with Crippen LogP contribution in [0.4, 0.5) is 0 Å². The molecule has 1 fully saturated rings. The van der Waals surface area contributed by atoms with Crippen LogP contribution >= 0.6 is 24.0 Å². The maximum absolute atomic E-state index is 13.0. The van der Waals surface area contributed by atoms with E-state index >= 15 is 0 Å². The Hall–Kier alpha value is -1.61. The van der Waals surface area contributed by atoms with Gasteiger partial charge in [-0.25, -0.2) is 5.01 Å². The average Bonchev–Trinajstić information content (AvgIpc) is 3.17. The molecule has 26 heavy (non-hydrogen) atoms. The van der Waals surface area contributed by atoms with Crippen LogP contribution in [0, 0.1) is 0 Å². The number of hydrazine groups is 1. The van der Waals surface area contributed by atoms with Crippen molar-refractivity contribution >= 4 is 40.1 Å². The van der Waals surface area contributed by atoms with Crippen molar-refractivity contribution in [2.24, 2.45) is 7.05 Å². The van der Waals surface area contributed by atoms with Crippen LogP contribution in [0.5, 0.6) is 0 Å². The number of thiocarbonyl (C=S) groups is 1. The third-order valence-corrected chi connectivity index (χ3v) is 5.83. The van der Waals surface area contributed by atoms with Gasteiger partial charge in [0.15, 0.2) is 0 Å². The second-order valence-electron chi connectivity index (χ2n) is 7.54. The summed E-state index contributed by atoms with van der Waals surface area (Å²) in [7, 11) is 5.46. The van der Waals surface area contributed by atoms with E-state index in [1.165, 1.54) is 21.8 Å². The zero-order valence-corrected chi connectivity index (χ0v) is 17.9. The molecule has 0 bridgehead atoms. The van der Waals surface area contributed by atoms with Gasteiger partial charge in [-0.2, -0.15) is 5.10 Å². The fourth-order valence-corrected chi connectivity index (χ4v) is 3.41. The highest BCUT2D eigenvalue weighted by Crippen LogP contribution is 2.23. The molecule has 1 aromatic rings. The molecule has 9 heteroatoms. The van der Waals surface area contributed by atoms with Crippen molar-refractivity contribution in [1.82, 2.24) is 24.7 Å². The second-order valence-corrected chi connectivity index (χ2v) is 9.15. The molecule has 7 nitrogen and oxygen atoms in total. The van der Waals surface area contributed by atoms with E-state index in [9.17, 15) is 9.59 Å². The topological polar surface area (TPSA) is 61.7 Å². The fourth-order valence-electron chi connectivity index (χ4n) is 2.58. The molecule has 1 saturated heterocycles. The Bertz CT molecular complexity index is 708. The summed E-state index contributed by atoms with van der Waals surface area (Å²) in [4.78, 5) is 27.4. The van der Waals surface area contributed by atoms with Gasteiger partial charge in [-0.1, -0.05) is 44.8 Å². The van der Waals surface area contributed by atoms with Gasteiger partial charge in [0.05, 0.1) is 11.4 Å². The molecule has 2 rings (SSSR count). The fraction of sp³-hybridized carbons (Fsp3) is 0.647. The first-order chi connectivity index (χ1) is 12.0. The van der Waals surface area contributed by atoms with Crippen LogP contribution < -0.4 is 0 Å². The molecule has 0 radical (unpaired) electrons. The first-order valence-electron chi connectivity index (χ1n) is 8.53. The molecule has 0 aromatic carbocycles. The molecule has 0 unspecified atom stereocenters. The van der Waals surface area contributed by atoms with E-state index in [1.54, 1.807) is 16.6 Å². The summed E-state index contributed by atoms with van der Waals surface area (Å²) in [6, 6.07) is 1.82. The third kappa shape index (κ3) is 4.56. The first-order valence-corrected chi connectivity index (χ1v) is 9.92. The Balaban J connectivity index is 2.12. The van der Waals surface area contributed by atoms with Gasteiger partial charge in [0, 0.05) is 39.6 Å². The maximum Gasteiger partial charge on any atom is 0.290 e. The number of hydrogen-bond acceptors (Lipinski definition) is 5. The highest BCUT2D eigenvalue weighted by molar-refractivity contribution is 8.23. The minimum absolute atomic E-state index is 0.108. The number of carbonyl (C=O) groups excluding carboxylic acids is 2. The monoisotopic (exact) mass is 397 g/mol. The van der Waals surface area contributed by atoms with Crippen LogP contribution in [-0.4, -0.2) is 73.8 Å². The van der Waals surface area contributed by atoms with Crippen LogP contribution in [-0.2, 0) is 17.3 Å². The van der Waals surface area contributed by atoms with Crippen molar-refractivity contribution < 1.29 is 9.59 Å². The molecule has 144 valence electrons. The van der Waals surface area contributed by atoms with Crippen LogP contribution in [0.3, 0.4) is 0 Å². The van der Waals surface area contributed by atoms with Gasteiger partial charge in [0.2, 0.25) is 0 Å². The largest absolute Gasteiger partial charge is 0.364 e. The summed E-state index contributed by atoms with van der Waals surface area (Å²) in [5.74, 6) is -0.0795. The van der Waals surface area contributed by atoms with Crippen molar-refractivity contribution in [3.63, 3.8) is 0 Å². The molecule has 2 amide bonds. The summed E-state index contributed by atoms with van der Waals surface area (Å²) < 4.78 is 2.25. The van der Waals surface area contributed by atoms with Gasteiger partial charge in [-0.05, 0) is 12.5 Å². The van der Waals surface area contributed by atoms with Crippen LogP contribution in [0.1, 0.15) is 43.4 Å². The molecular formula is C17H27N5O2S2. The lowest BCUT2D eigenvalue weighted by atomic mass is 9.92. The highest BCUT2D eigenvalue weighted by Gasteiger charge is 2.33. The summed E-state index contributed by atoms with van der Waals surface area (Å²) >= 11 is 6.52. The minimum Gasteiger partial charge on any atom is -0.364 e. The lowest BCUT2D eigenvalue weighted by molar-refractivity contribution is -0.137. The van der Waals surface area contributed by atoms with Crippen LogP contribution in [0.15, 0.2) is 6.07 Å². The number of hydrogen-bond donors (Lipinski definition) is 0. The number of aryl methyl sites for hydroxylation is 1. The number of carbonyl (C=O) groups is 2. The smallest absolute Gasteiger partial charge is 0.290 e. The molecule has 0 aliphatic carbocycles. The summed E-state index contributed by atoms with van der Waals surface area (Å²) in [6.45, 7) is 7.24. The van der Waals surface area contributed by atoms with Crippen molar-refractivity contribution in [2.45, 2.75) is 32.6 Å². The Morgan fingerprint density at radius 2 is 1.88 bits per heavy atom. The Morgan fingerprint density at radius 3 is 2.42 bits per heavy atom. The number of thioether (sulfide) groups is 1. The molecule has 1 aliphatic rings. The van der Waals surface area contributed by atoms with Gasteiger partial charge in [0.25, 0.3) is 11.8 Å². The predicted octanol–water partition coefficient (Wildman–Crippen LogP) is 1.89. The predicted molar refractivity (Wildman–Crippen MR) is 108 cm³/mol. The van der Waals surface area contributed by atoms with E-state index < -0.39 is 0 Å². The Morgan fingerprint density at radius 1 is 1.27 bits per heavy atom. The van der Waals surface area contributed by atoms with E-state index in [2.05, 4.69) is 25.9 Å². The number of nitrogens with zero attached hydrogens (tertiary/aromatic N) is 5. The molecule has 1 aliphatic heterocycles. The number of rotatable bonds is 3. The van der Waals surface area contributed by atoms with Gasteiger partial charge >= 0.3 is 0 Å². The van der Waals surface area contributed by atoms with E-state index in [4.69, 9.17) is 12.2 Å². The maximum atomic E-state index is 13.0. The molecule has 0 saturated carbocycles. The SMILES string of the molecule is CN(C)C(=S)SCC(=O)N1CCCN1C(=O)c1cc(C(C)(C)C)nn1C. The van der Waals surface area contributed by atoms with E-state index in [0.29, 0.717) is 23.1 Å². The van der Waals surface area contributed by atoms with Crippen molar-refractivity contribution in [1.29, 1.82) is 0 Å². The number of aromatic nitrogens is 2. The van der Waals surface area contributed by atoms with E-state index in [-0.39, 0.29) is 23.0 Å². The van der Waals surface area contributed by atoms with Gasteiger partial charge < -0.3 is 4.90 Å². The van der Waals surface area contributed by atoms with Gasteiger partial charge in [0.1, 0.15) is 10.0 Å². The Kier molecular flexibility index (Phi) is 6.33. The van der Waals surface area contributed by atoms with E-state index in [0.717, 1.165) is 12.1 Å². The third-order valence-electron chi connectivity index (χ3n) is 4.11. The standard InChI is InChI=1S/C17H27N5O2S2/c1-17(2,3)13-10-12(20(6)18-13)15(24)22-9-7-8-21(22)14(23)11-26-16(25)19(4)5/h10H,7-9,11H2,1-6H3. The van der Waals surface area contributed by atoms with Crippen LogP contribution in [0.25, 0.3) is 0 Å². The second kappa shape index (κ2) is 7.96. The first kappa shape index (κ1) is 20.7. The summed E-state index contributed by atoms with van der Waals surface area (Å²) in [6.07, 6.45) is 0.768. The number of amides is 2. The average molecular weight is 398 g/mol. The molecular weight excluding hydrogens is 370 g/mol. The zero-order chi connectivity index (χ0) is 19.6. The quantitative estimate of drug-likeness (QED) is 0.726. The Labute approximate surface area is 164 Å². The minimum atomic E-state index is -0.193. The lowest BCUT2D eigenvalue weighted by Gasteiger charge is -2.28. The normalized spacial score (nSPS) is 14.7.